The summed E-state index contributed by atoms with van der Waals surface area (Å²) < 4.78 is 14.9. The van der Waals surface area contributed by atoms with Crippen molar-refractivity contribution < 1.29 is 4.74 Å². The molecule has 54 heavy (non-hydrogen) atoms. The van der Waals surface area contributed by atoms with Gasteiger partial charge in [0, 0.05) is 50.1 Å². The van der Waals surface area contributed by atoms with Crippen LogP contribution in [0.25, 0.3) is 0 Å². The van der Waals surface area contributed by atoms with Gasteiger partial charge >= 0.3 is 28.3 Å². The second-order valence-electron chi connectivity index (χ2n) is 14.3. The van der Waals surface area contributed by atoms with Crippen LogP contribution in [0.3, 0.4) is 0 Å². The van der Waals surface area contributed by atoms with Crippen molar-refractivity contribution in [2.45, 2.75) is 0 Å². The maximum atomic E-state index is 7.03. The number of para-hydroxylation sites is 5. The largest absolute Gasteiger partial charge is 0.442 e. The molecular formula is C47H30Al2N4O. The highest BCUT2D eigenvalue weighted by molar-refractivity contribution is 7.01. The molecule has 0 bridgehead atoms. The molecule has 250 valence electrons. The zero-order chi connectivity index (χ0) is 35.3. The Morgan fingerprint density at radius 1 is 0.370 bits per heavy atom. The first-order chi connectivity index (χ1) is 26.8. The highest BCUT2D eigenvalue weighted by Gasteiger charge is 2.49. The number of anilines is 9. The zero-order valence-electron chi connectivity index (χ0n) is 29.2. The van der Waals surface area contributed by atoms with E-state index in [0.717, 1.165) is 33.2 Å². The normalized spacial score (nSPS) is 13.9. The second-order valence-corrected chi connectivity index (χ2v) is 19.6. The van der Waals surface area contributed by atoms with E-state index in [-0.39, 0.29) is 0 Å². The lowest BCUT2D eigenvalue weighted by molar-refractivity contribution is 0.469. The van der Waals surface area contributed by atoms with Crippen LogP contribution in [0.4, 0.5) is 51.2 Å². The molecule has 1 aromatic heterocycles. The van der Waals surface area contributed by atoms with Gasteiger partial charge in [0.15, 0.2) is 0 Å². The Labute approximate surface area is 322 Å². The summed E-state index contributed by atoms with van der Waals surface area (Å²) in [5, 5.41) is 0. The molecule has 4 aliphatic heterocycles. The molecule has 0 aliphatic carbocycles. The molecule has 0 atom stereocenters. The maximum Gasteiger partial charge on any atom is 0.424 e. The van der Waals surface area contributed by atoms with Crippen molar-refractivity contribution in [3.63, 3.8) is 0 Å². The van der Waals surface area contributed by atoms with Gasteiger partial charge in [-0.05, 0) is 87.7 Å². The summed E-state index contributed by atoms with van der Waals surface area (Å²) in [6, 6.07) is 66.2. The summed E-state index contributed by atoms with van der Waals surface area (Å²) in [6.45, 7) is 0. The van der Waals surface area contributed by atoms with Gasteiger partial charge in [-0.2, -0.15) is 0 Å². The first-order valence-electron chi connectivity index (χ1n) is 18.6. The molecule has 0 fully saturated rings. The van der Waals surface area contributed by atoms with E-state index >= 15 is 0 Å². The lowest BCUT2D eigenvalue weighted by Gasteiger charge is -2.44. The third kappa shape index (κ3) is 4.24. The average Bonchev–Trinajstić information content (AvgIpc) is 3.24. The Morgan fingerprint density at radius 2 is 0.815 bits per heavy atom. The smallest absolute Gasteiger partial charge is 0.424 e. The Bertz CT molecular complexity index is 2800. The van der Waals surface area contributed by atoms with Gasteiger partial charge in [0.25, 0.3) is 0 Å². The van der Waals surface area contributed by atoms with Gasteiger partial charge < -0.3 is 19.4 Å². The maximum absolute atomic E-state index is 7.03. The van der Waals surface area contributed by atoms with Gasteiger partial charge in [0.05, 0.1) is 5.69 Å². The Balaban J connectivity index is 1.13. The molecule has 4 aliphatic rings. The van der Waals surface area contributed by atoms with Crippen LogP contribution < -0.4 is 46.1 Å². The van der Waals surface area contributed by atoms with E-state index in [1.54, 1.807) is 0 Å². The fraction of sp³-hybridized carbons (Fsp3) is 0. The molecule has 12 rings (SSSR count). The highest BCUT2D eigenvalue weighted by atomic mass is 27.2. The Hall–Kier alpha value is -6.05. The zero-order valence-corrected chi connectivity index (χ0v) is 31.5. The van der Waals surface area contributed by atoms with E-state index in [2.05, 4.69) is 197 Å². The first kappa shape index (κ1) is 30.4. The van der Waals surface area contributed by atoms with Gasteiger partial charge in [-0.1, -0.05) is 116 Å². The molecule has 0 amide bonds. The van der Waals surface area contributed by atoms with Crippen molar-refractivity contribution in [3.05, 3.63) is 182 Å². The molecule has 5 heterocycles. The quantitative estimate of drug-likeness (QED) is 0.176. The minimum Gasteiger partial charge on any atom is -0.442 e. The predicted octanol–water partition coefficient (Wildman–Crippen LogP) is 7.57. The van der Waals surface area contributed by atoms with E-state index in [4.69, 9.17) is 9.72 Å². The number of hydrogen-bond donors (Lipinski definition) is 0. The van der Waals surface area contributed by atoms with Crippen molar-refractivity contribution in [1.82, 2.24) is 4.98 Å². The van der Waals surface area contributed by atoms with Crippen LogP contribution in [0, 0.1) is 0 Å². The monoisotopic (exact) mass is 720 g/mol. The van der Waals surface area contributed by atoms with E-state index in [1.165, 1.54) is 56.3 Å². The van der Waals surface area contributed by atoms with Crippen LogP contribution in [0.5, 0.6) is 11.6 Å². The van der Waals surface area contributed by atoms with Crippen molar-refractivity contribution >= 4 is 106 Å². The number of pyridine rings is 1. The second kappa shape index (κ2) is 11.7. The minimum atomic E-state index is -2.12. The van der Waals surface area contributed by atoms with Crippen LogP contribution >= 0.6 is 0 Å². The summed E-state index contributed by atoms with van der Waals surface area (Å²) in [7, 11) is 0. The molecule has 0 spiro atoms. The van der Waals surface area contributed by atoms with Gasteiger partial charge in [0.2, 0.25) is 5.88 Å². The van der Waals surface area contributed by atoms with Crippen LogP contribution in [0.2, 0.25) is 0 Å². The molecule has 0 saturated carbocycles. The summed E-state index contributed by atoms with van der Waals surface area (Å²) in [5.41, 5.74) is 10.7. The molecule has 7 heteroatoms. The number of benzene rings is 7. The van der Waals surface area contributed by atoms with Crippen LogP contribution in [0.15, 0.2) is 182 Å². The van der Waals surface area contributed by atoms with E-state index in [0.29, 0.717) is 0 Å². The molecular weight excluding hydrogens is 691 g/mol. The van der Waals surface area contributed by atoms with Gasteiger partial charge in [-0.15, -0.1) is 0 Å². The fourth-order valence-corrected chi connectivity index (χ4v) is 16.3. The minimum absolute atomic E-state index is 0.766. The van der Waals surface area contributed by atoms with Crippen molar-refractivity contribution in [2.24, 2.45) is 0 Å². The standard InChI is InChI=1S/C47H30N4O.2Al/c1-6-18-37(19-7-1)49(38-20-8-2-9-21-38)42-28-16-29-43(34-42)51(41-26-14-5-15-27-41)45-32-33-47(48-36-45)52-46-31-17-30-44(35-46)50(39-22-10-3-11-23-39)40-24-12-4-13-25-40;;/h1-20,22-24,26-32H;;. The summed E-state index contributed by atoms with van der Waals surface area (Å²) in [4.78, 5) is 13.1. The lowest BCUT2D eigenvalue weighted by Crippen LogP contribution is -2.64. The molecule has 0 radical (unpaired) electrons. The molecule has 8 aromatic rings. The molecule has 0 unspecified atom stereocenters. The summed E-state index contributed by atoms with van der Waals surface area (Å²) >= 11 is -4.18. The number of rotatable bonds is 3. The third-order valence-corrected chi connectivity index (χ3v) is 18.0. The van der Waals surface area contributed by atoms with Crippen LogP contribution in [-0.2, 0) is 0 Å². The SMILES string of the molecule is c1ccc(N2c3cccc[c]3[Al]3[c]4cc5[c](nc4Oc4cccc2[c]43)[Al]2[c]3ccccc3N(c3ccccc3)c3cccc([c]32)N5c2ccccc2)cc1. The first-order valence-corrected chi connectivity index (χ1v) is 22.0. The number of ether oxygens (including phenoxy) is 1. The average molecular weight is 721 g/mol. The van der Waals surface area contributed by atoms with Crippen molar-refractivity contribution in [3.8, 4) is 11.6 Å². The van der Waals surface area contributed by atoms with Gasteiger partial charge in [0.1, 0.15) is 5.75 Å². The predicted molar refractivity (Wildman–Crippen MR) is 224 cm³/mol. The number of nitrogens with zero attached hydrogens (tertiary/aromatic N) is 4. The van der Waals surface area contributed by atoms with Gasteiger partial charge in [-0.3, -0.25) is 0 Å². The van der Waals surface area contributed by atoms with Gasteiger partial charge in [-0.25, -0.2) is 4.98 Å². The molecule has 0 saturated heterocycles. The Kier molecular flexibility index (Phi) is 6.61. The molecule has 5 nitrogen and oxygen atoms in total. The van der Waals surface area contributed by atoms with Crippen LogP contribution in [0.1, 0.15) is 0 Å². The summed E-state index contributed by atoms with van der Waals surface area (Å²) in [5.74, 6) is 1.69. The number of fused-ring (bicyclic) bond motifs is 8. The van der Waals surface area contributed by atoms with E-state index in [1.807, 2.05) is 0 Å². The molecule has 7 aromatic carbocycles. The highest BCUT2D eigenvalue weighted by Crippen LogP contribution is 2.45. The molecule has 0 N–H and O–H groups in total. The number of hydrogen-bond acceptors (Lipinski definition) is 5. The fourth-order valence-electron chi connectivity index (χ4n) is 9.38. The lowest BCUT2D eigenvalue weighted by atomic mass is 10.1. The third-order valence-electron chi connectivity index (χ3n) is 11.5. The van der Waals surface area contributed by atoms with Crippen LogP contribution in [-0.4, -0.2) is 33.3 Å². The van der Waals surface area contributed by atoms with Crippen molar-refractivity contribution in [1.29, 1.82) is 0 Å². The topological polar surface area (TPSA) is 31.8 Å². The Morgan fingerprint density at radius 3 is 1.39 bits per heavy atom. The number of aromatic nitrogens is 1. The van der Waals surface area contributed by atoms with Crippen molar-refractivity contribution in [2.75, 3.05) is 14.7 Å². The van der Waals surface area contributed by atoms with E-state index in [9.17, 15) is 0 Å². The van der Waals surface area contributed by atoms with E-state index < -0.39 is 28.3 Å². The summed E-state index contributed by atoms with van der Waals surface area (Å²) in [6.07, 6.45) is 0.